The fourth-order valence-corrected chi connectivity index (χ4v) is 3.78. The van der Waals surface area contributed by atoms with Gasteiger partial charge in [0.25, 0.3) is 0 Å². The first-order valence-electron chi connectivity index (χ1n) is 6.79. The monoisotopic (exact) mass is 239 g/mol. The predicted octanol–water partition coefficient (Wildman–Crippen LogP) is 0.437. The minimum Gasteiger partial charge on any atom is -0.393 e. The van der Waals surface area contributed by atoms with E-state index in [1.807, 2.05) is 0 Å². The lowest BCUT2D eigenvalue weighted by Gasteiger charge is -2.46. The molecule has 96 valence electrons. The van der Waals surface area contributed by atoms with Gasteiger partial charge in [0.15, 0.2) is 0 Å². The molecule has 4 nitrogen and oxygen atoms in total. The molecule has 2 bridgehead atoms. The van der Waals surface area contributed by atoms with Crippen molar-refractivity contribution in [2.45, 2.75) is 37.8 Å². The summed E-state index contributed by atoms with van der Waals surface area (Å²) in [5.74, 6) is 0.634. The third-order valence-corrected chi connectivity index (χ3v) is 4.64. The molecule has 1 N–H and O–H groups in total. The highest BCUT2D eigenvalue weighted by molar-refractivity contribution is 5.85. The Morgan fingerprint density at radius 2 is 1.94 bits per heavy atom. The standard InChI is InChI=1S/C13H21NO3/c15-10-7-9-1-2-12(11(8-10)13(9)16)14-3-5-17-6-4-14/h9-12,15H,1-8H2. The maximum absolute atomic E-state index is 12.2. The third kappa shape index (κ3) is 2.14. The van der Waals surface area contributed by atoms with Gasteiger partial charge in [-0.05, 0) is 25.7 Å². The minimum absolute atomic E-state index is 0.0793. The largest absolute Gasteiger partial charge is 0.393 e. The van der Waals surface area contributed by atoms with Gasteiger partial charge in [0.1, 0.15) is 5.78 Å². The van der Waals surface area contributed by atoms with E-state index in [9.17, 15) is 9.90 Å². The van der Waals surface area contributed by atoms with Gasteiger partial charge >= 0.3 is 0 Å². The summed E-state index contributed by atoms with van der Waals surface area (Å²) in [6.45, 7) is 3.44. The number of nitrogens with zero attached hydrogens (tertiary/aromatic N) is 1. The number of morpholine rings is 1. The Hall–Kier alpha value is -0.450. The number of Topliss-reactive ketones (excluding diaryl/α,β-unsaturated/α-hetero) is 1. The Kier molecular flexibility index (Phi) is 3.19. The topological polar surface area (TPSA) is 49.8 Å². The molecule has 3 fully saturated rings. The molecule has 1 heterocycles. The number of rotatable bonds is 1. The van der Waals surface area contributed by atoms with Crippen molar-refractivity contribution in [1.82, 2.24) is 4.90 Å². The second kappa shape index (κ2) is 4.67. The van der Waals surface area contributed by atoms with Crippen molar-refractivity contribution in [3.05, 3.63) is 0 Å². The van der Waals surface area contributed by atoms with Crippen molar-refractivity contribution in [1.29, 1.82) is 0 Å². The second-order valence-corrected chi connectivity index (χ2v) is 5.62. The van der Waals surface area contributed by atoms with Gasteiger partial charge in [0.2, 0.25) is 0 Å². The van der Waals surface area contributed by atoms with Gasteiger partial charge in [-0.25, -0.2) is 0 Å². The molecule has 0 spiro atoms. The lowest BCUT2D eigenvalue weighted by atomic mass is 9.67. The molecule has 3 rings (SSSR count). The number of hydrogen-bond donors (Lipinski definition) is 1. The highest BCUT2D eigenvalue weighted by Crippen LogP contribution is 2.39. The van der Waals surface area contributed by atoms with E-state index in [-0.39, 0.29) is 17.9 Å². The Balaban J connectivity index is 1.74. The number of carbonyl (C=O) groups excluding carboxylic acids is 1. The van der Waals surface area contributed by atoms with Crippen LogP contribution in [0.1, 0.15) is 25.7 Å². The van der Waals surface area contributed by atoms with E-state index in [0.29, 0.717) is 24.7 Å². The van der Waals surface area contributed by atoms with Crippen molar-refractivity contribution >= 4 is 5.78 Å². The molecular weight excluding hydrogens is 218 g/mol. The van der Waals surface area contributed by atoms with Gasteiger partial charge < -0.3 is 9.84 Å². The van der Waals surface area contributed by atoms with Crippen LogP contribution in [-0.2, 0) is 9.53 Å². The summed E-state index contributed by atoms with van der Waals surface area (Å²) in [4.78, 5) is 14.6. The molecule has 4 heteroatoms. The third-order valence-electron chi connectivity index (χ3n) is 4.64. The number of aliphatic hydroxyl groups is 1. The van der Waals surface area contributed by atoms with Gasteiger partial charge in [-0.3, -0.25) is 9.69 Å². The molecule has 2 saturated carbocycles. The average molecular weight is 239 g/mol. The minimum atomic E-state index is -0.258. The van der Waals surface area contributed by atoms with Gasteiger partial charge in [-0.1, -0.05) is 0 Å². The molecule has 1 aliphatic heterocycles. The van der Waals surface area contributed by atoms with Gasteiger partial charge in [-0.2, -0.15) is 0 Å². The average Bonchev–Trinajstić information content (AvgIpc) is 2.33. The van der Waals surface area contributed by atoms with Crippen LogP contribution in [0.4, 0.5) is 0 Å². The summed E-state index contributed by atoms with van der Waals surface area (Å²) < 4.78 is 5.37. The van der Waals surface area contributed by atoms with Crippen LogP contribution in [0.15, 0.2) is 0 Å². The summed E-state index contributed by atoms with van der Waals surface area (Å²) in [6.07, 6.45) is 3.21. The van der Waals surface area contributed by atoms with Gasteiger partial charge in [-0.15, -0.1) is 0 Å². The van der Waals surface area contributed by atoms with Gasteiger partial charge in [0, 0.05) is 31.0 Å². The molecule has 0 aromatic heterocycles. The smallest absolute Gasteiger partial charge is 0.140 e. The molecule has 3 aliphatic rings. The SMILES string of the molecule is O=C1C2CCC(N3CCOCC3)C1CC(O)C2. The summed E-state index contributed by atoms with van der Waals surface area (Å²) in [7, 11) is 0. The van der Waals surface area contributed by atoms with Crippen LogP contribution < -0.4 is 0 Å². The van der Waals surface area contributed by atoms with Crippen molar-refractivity contribution in [3.8, 4) is 0 Å². The molecule has 2 aliphatic carbocycles. The quantitative estimate of drug-likeness (QED) is 0.721. The molecule has 4 atom stereocenters. The molecule has 4 unspecified atom stereocenters. The summed E-state index contributed by atoms with van der Waals surface area (Å²) >= 11 is 0. The number of hydrogen-bond acceptors (Lipinski definition) is 4. The fourth-order valence-electron chi connectivity index (χ4n) is 3.78. The van der Waals surface area contributed by atoms with Crippen LogP contribution in [-0.4, -0.2) is 54.2 Å². The van der Waals surface area contributed by atoms with Crippen LogP contribution in [0.3, 0.4) is 0 Å². The summed E-state index contributed by atoms with van der Waals surface area (Å²) in [5.41, 5.74) is 0. The molecule has 0 aromatic carbocycles. The first-order chi connectivity index (χ1) is 8.25. The highest BCUT2D eigenvalue weighted by Gasteiger charge is 2.45. The van der Waals surface area contributed by atoms with Crippen molar-refractivity contribution in [3.63, 3.8) is 0 Å². The first kappa shape index (κ1) is 11.6. The van der Waals surface area contributed by atoms with E-state index >= 15 is 0 Å². The Morgan fingerprint density at radius 3 is 2.71 bits per heavy atom. The number of aliphatic hydroxyl groups excluding tert-OH is 1. The van der Waals surface area contributed by atoms with Crippen LogP contribution in [0.2, 0.25) is 0 Å². The van der Waals surface area contributed by atoms with Gasteiger partial charge in [0.05, 0.1) is 19.3 Å². The van der Waals surface area contributed by atoms with Crippen LogP contribution >= 0.6 is 0 Å². The van der Waals surface area contributed by atoms with E-state index in [1.165, 1.54) is 0 Å². The summed E-state index contributed by atoms with van der Waals surface area (Å²) in [5, 5.41) is 9.85. The zero-order valence-electron chi connectivity index (χ0n) is 10.2. The van der Waals surface area contributed by atoms with E-state index in [1.54, 1.807) is 0 Å². The normalized spacial score (nSPS) is 43.7. The molecule has 0 aromatic rings. The Labute approximate surface area is 102 Å². The van der Waals surface area contributed by atoms with E-state index in [2.05, 4.69) is 4.90 Å². The number of ether oxygens (including phenoxy) is 1. The zero-order chi connectivity index (χ0) is 11.8. The molecule has 0 amide bonds. The second-order valence-electron chi connectivity index (χ2n) is 5.62. The Bertz CT molecular complexity index is 301. The zero-order valence-corrected chi connectivity index (χ0v) is 10.2. The number of carbonyl (C=O) groups is 1. The van der Waals surface area contributed by atoms with Crippen LogP contribution in [0.25, 0.3) is 0 Å². The van der Waals surface area contributed by atoms with E-state index in [0.717, 1.165) is 39.1 Å². The van der Waals surface area contributed by atoms with Crippen molar-refractivity contribution in [2.24, 2.45) is 11.8 Å². The molecule has 17 heavy (non-hydrogen) atoms. The van der Waals surface area contributed by atoms with E-state index < -0.39 is 0 Å². The summed E-state index contributed by atoms with van der Waals surface area (Å²) in [6, 6.07) is 0.359. The maximum Gasteiger partial charge on any atom is 0.140 e. The highest BCUT2D eigenvalue weighted by atomic mass is 16.5. The lowest BCUT2D eigenvalue weighted by molar-refractivity contribution is -0.141. The van der Waals surface area contributed by atoms with Crippen molar-refractivity contribution < 1.29 is 14.6 Å². The molecular formula is C13H21NO3. The Morgan fingerprint density at radius 1 is 1.18 bits per heavy atom. The van der Waals surface area contributed by atoms with Crippen LogP contribution in [0, 0.1) is 11.8 Å². The predicted molar refractivity (Wildman–Crippen MR) is 62.6 cm³/mol. The van der Waals surface area contributed by atoms with Crippen LogP contribution in [0.5, 0.6) is 0 Å². The molecule has 0 radical (unpaired) electrons. The number of ketones is 1. The fraction of sp³-hybridized carbons (Fsp3) is 0.923. The lowest BCUT2D eigenvalue weighted by Crippen LogP contribution is -2.55. The van der Waals surface area contributed by atoms with E-state index in [4.69, 9.17) is 4.74 Å². The maximum atomic E-state index is 12.2. The number of fused-ring (bicyclic) bond motifs is 2. The first-order valence-corrected chi connectivity index (χ1v) is 6.79. The van der Waals surface area contributed by atoms with Crippen molar-refractivity contribution in [2.75, 3.05) is 26.3 Å². The molecule has 1 saturated heterocycles.